The van der Waals surface area contributed by atoms with Gasteiger partial charge in [0.05, 0.1) is 12.5 Å². The first-order chi connectivity index (χ1) is 8.36. The summed E-state index contributed by atoms with van der Waals surface area (Å²) in [4.78, 5) is 10.9. The molecule has 1 aromatic carbocycles. The second kappa shape index (κ2) is 5.85. The summed E-state index contributed by atoms with van der Waals surface area (Å²) in [6.07, 6.45) is 1.94. The van der Waals surface area contributed by atoms with Gasteiger partial charge in [0, 0.05) is 0 Å². The smallest absolute Gasteiger partial charge is 0.309 e. The van der Waals surface area contributed by atoms with Crippen LogP contribution in [-0.2, 0) is 11.2 Å². The van der Waals surface area contributed by atoms with Crippen molar-refractivity contribution in [3.05, 3.63) is 29.6 Å². The highest BCUT2D eigenvalue weighted by Gasteiger charge is 2.26. The molecule has 0 unspecified atom stereocenters. The molecule has 4 heteroatoms. The fourth-order valence-electron chi connectivity index (χ4n) is 1.71. The van der Waals surface area contributed by atoms with Crippen molar-refractivity contribution < 1.29 is 19.0 Å². The summed E-state index contributed by atoms with van der Waals surface area (Å²) in [5.74, 6) is -0.958. The van der Waals surface area contributed by atoms with Crippen LogP contribution < -0.4 is 4.74 Å². The van der Waals surface area contributed by atoms with Crippen molar-refractivity contribution >= 4 is 5.97 Å². The van der Waals surface area contributed by atoms with Crippen molar-refractivity contribution in [3.8, 4) is 5.75 Å². The van der Waals surface area contributed by atoms with E-state index in [-0.39, 0.29) is 11.6 Å². The Hall–Kier alpha value is -1.58. The molecule has 0 aromatic heterocycles. The number of aryl methyl sites for hydroxylation is 1. The van der Waals surface area contributed by atoms with Crippen molar-refractivity contribution in [2.24, 2.45) is 5.41 Å². The first-order valence-electron chi connectivity index (χ1n) is 5.92. The maximum absolute atomic E-state index is 13.4. The molecule has 1 aromatic rings. The van der Waals surface area contributed by atoms with Crippen molar-refractivity contribution in [2.45, 2.75) is 33.1 Å². The van der Waals surface area contributed by atoms with Gasteiger partial charge in [-0.25, -0.2) is 4.39 Å². The lowest BCUT2D eigenvalue weighted by atomic mass is 9.87. The summed E-state index contributed by atoms with van der Waals surface area (Å²) >= 11 is 0. The SMILES string of the molecule is COc1ccc(CCCC(C)(C)C(=O)O)cc1F. The van der Waals surface area contributed by atoms with E-state index in [0.717, 1.165) is 5.56 Å². The molecule has 0 saturated heterocycles. The van der Waals surface area contributed by atoms with Crippen LogP contribution in [0.5, 0.6) is 5.75 Å². The van der Waals surface area contributed by atoms with Crippen LogP contribution in [0.3, 0.4) is 0 Å². The molecule has 1 N–H and O–H groups in total. The molecule has 1 rings (SSSR count). The number of benzene rings is 1. The van der Waals surface area contributed by atoms with Gasteiger partial charge in [-0.2, -0.15) is 0 Å². The maximum Gasteiger partial charge on any atom is 0.309 e. The van der Waals surface area contributed by atoms with Crippen LogP contribution in [0.15, 0.2) is 18.2 Å². The Balaban J connectivity index is 2.55. The van der Waals surface area contributed by atoms with Crippen LogP contribution in [0.25, 0.3) is 0 Å². The van der Waals surface area contributed by atoms with E-state index in [4.69, 9.17) is 9.84 Å². The van der Waals surface area contributed by atoms with Gasteiger partial charge in [0.2, 0.25) is 0 Å². The lowest BCUT2D eigenvalue weighted by molar-refractivity contribution is -0.147. The zero-order chi connectivity index (χ0) is 13.8. The van der Waals surface area contributed by atoms with Gasteiger partial charge in [-0.3, -0.25) is 4.79 Å². The zero-order valence-corrected chi connectivity index (χ0v) is 11.0. The van der Waals surface area contributed by atoms with Crippen molar-refractivity contribution in [2.75, 3.05) is 7.11 Å². The average Bonchev–Trinajstić information content (AvgIpc) is 2.29. The lowest BCUT2D eigenvalue weighted by Gasteiger charge is -2.18. The van der Waals surface area contributed by atoms with Crippen LogP contribution >= 0.6 is 0 Å². The number of rotatable bonds is 6. The molecule has 0 aliphatic carbocycles. The molecule has 0 heterocycles. The molecule has 0 aliphatic heterocycles. The molecule has 0 saturated carbocycles. The number of carbonyl (C=O) groups is 1. The molecule has 0 amide bonds. The van der Waals surface area contributed by atoms with E-state index in [1.54, 1.807) is 26.0 Å². The first-order valence-corrected chi connectivity index (χ1v) is 5.92. The topological polar surface area (TPSA) is 46.5 Å². The number of ether oxygens (including phenoxy) is 1. The molecule has 3 nitrogen and oxygen atoms in total. The summed E-state index contributed by atoms with van der Waals surface area (Å²) in [6.45, 7) is 3.40. The van der Waals surface area contributed by atoms with E-state index in [9.17, 15) is 9.18 Å². The molecule has 100 valence electrons. The summed E-state index contributed by atoms with van der Waals surface area (Å²) in [5.41, 5.74) is 0.125. The summed E-state index contributed by atoms with van der Waals surface area (Å²) in [6, 6.07) is 4.83. The van der Waals surface area contributed by atoms with E-state index in [1.807, 2.05) is 0 Å². The molecule has 0 spiro atoms. The summed E-state index contributed by atoms with van der Waals surface area (Å²) in [7, 11) is 1.42. The van der Waals surface area contributed by atoms with E-state index in [2.05, 4.69) is 0 Å². The van der Waals surface area contributed by atoms with E-state index < -0.39 is 11.4 Å². The Morgan fingerprint density at radius 1 is 1.44 bits per heavy atom. The number of aliphatic carboxylic acids is 1. The summed E-state index contributed by atoms with van der Waals surface area (Å²) in [5, 5.41) is 8.97. The highest BCUT2D eigenvalue weighted by atomic mass is 19.1. The molecule has 18 heavy (non-hydrogen) atoms. The number of carboxylic acid groups (broad SMARTS) is 1. The van der Waals surface area contributed by atoms with Gasteiger partial charge in [-0.05, 0) is 50.8 Å². The number of hydrogen-bond acceptors (Lipinski definition) is 2. The van der Waals surface area contributed by atoms with Crippen molar-refractivity contribution in [1.82, 2.24) is 0 Å². The highest BCUT2D eigenvalue weighted by molar-refractivity contribution is 5.73. The van der Waals surface area contributed by atoms with Gasteiger partial charge in [-0.1, -0.05) is 6.07 Å². The molecular weight excluding hydrogens is 235 g/mol. The maximum atomic E-state index is 13.4. The predicted octanol–water partition coefficient (Wildman–Crippen LogP) is 3.27. The van der Waals surface area contributed by atoms with E-state index >= 15 is 0 Å². The van der Waals surface area contributed by atoms with Gasteiger partial charge in [0.15, 0.2) is 11.6 Å². The Morgan fingerprint density at radius 2 is 2.11 bits per heavy atom. The second-order valence-corrected chi connectivity index (χ2v) is 5.01. The molecule has 0 atom stereocenters. The minimum atomic E-state index is -0.802. The summed E-state index contributed by atoms with van der Waals surface area (Å²) < 4.78 is 18.3. The lowest BCUT2D eigenvalue weighted by Crippen LogP contribution is -2.23. The largest absolute Gasteiger partial charge is 0.494 e. The molecular formula is C14H19FO3. The van der Waals surface area contributed by atoms with Gasteiger partial charge in [-0.15, -0.1) is 0 Å². The Labute approximate surface area is 107 Å². The quantitative estimate of drug-likeness (QED) is 0.847. The third kappa shape index (κ3) is 3.72. The number of hydrogen-bond donors (Lipinski definition) is 1. The highest BCUT2D eigenvalue weighted by Crippen LogP contribution is 2.24. The van der Waals surface area contributed by atoms with Crippen molar-refractivity contribution in [3.63, 3.8) is 0 Å². The van der Waals surface area contributed by atoms with E-state index in [1.165, 1.54) is 13.2 Å². The van der Waals surface area contributed by atoms with Crippen LogP contribution in [0.1, 0.15) is 32.3 Å². The van der Waals surface area contributed by atoms with Gasteiger partial charge in [0.1, 0.15) is 0 Å². The molecule has 0 aliphatic rings. The first kappa shape index (κ1) is 14.5. The van der Waals surface area contributed by atoms with Gasteiger partial charge in [0.25, 0.3) is 0 Å². The number of methoxy groups -OCH3 is 1. The van der Waals surface area contributed by atoms with Crippen molar-refractivity contribution in [1.29, 1.82) is 0 Å². The normalized spacial score (nSPS) is 11.3. The molecule has 0 bridgehead atoms. The third-order valence-corrected chi connectivity index (χ3v) is 3.06. The van der Waals surface area contributed by atoms with Gasteiger partial charge < -0.3 is 9.84 Å². The third-order valence-electron chi connectivity index (χ3n) is 3.06. The second-order valence-electron chi connectivity index (χ2n) is 5.01. The van der Waals surface area contributed by atoms with Crippen LogP contribution in [0.4, 0.5) is 4.39 Å². The zero-order valence-electron chi connectivity index (χ0n) is 11.0. The minimum Gasteiger partial charge on any atom is -0.494 e. The van der Waals surface area contributed by atoms with Gasteiger partial charge >= 0.3 is 5.97 Å². The standard InChI is InChI=1S/C14H19FO3/c1-14(2,13(16)17)8-4-5-10-6-7-12(18-3)11(15)9-10/h6-7,9H,4-5,8H2,1-3H3,(H,16,17). The Bertz CT molecular complexity index is 427. The molecule has 0 fully saturated rings. The number of halogens is 1. The van der Waals surface area contributed by atoms with Crippen LogP contribution in [0, 0.1) is 11.2 Å². The number of carboxylic acids is 1. The fraction of sp³-hybridized carbons (Fsp3) is 0.500. The fourth-order valence-corrected chi connectivity index (χ4v) is 1.71. The Morgan fingerprint density at radius 3 is 2.61 bits per heavy atom. The average molecular weight is 254 g/mol. The Kier molecular flexibility index (Phi) is 4.70. The monoisotopic (exact) mass is 254 g/mol. The van der Waals surface area contributed by atoms with Crippen LogP contribution in [0.2, 0.25) is 0 Å². The van der Waals surface area contributed by atoms with E-state index in [0.29, 0.717) is 19.3 Å². The van der Waals surface area contributed by atoms with Crippen LogP contribution in [-0.4, -0.2) is 18.2 Å². The molecule has 0 radical (unpaired) electrons. The predicted molar refractivity (Wildman–Crippen MR) is 67.3 cm³/mol. The minimum absolute atomic E-state index is 0.226.